The summed E-state index contributed by atoms with van der Waals surface area (Å²) < 4.78 is 0. The number of rotatable bonds is 7. The number of amides is 2. The zero-order valence-corrected chi connectivity index (χ0v) is 19.3. The van der Waals surface area contributed by atoms with Gasteiger partial charge in [0.25, 0.3) is 0 Å². The monoisotopic (exact) mass is 447 g/mol. The molecular weight excluding hydrogens is 418 g/mol. The SMILES string of the molecule is CCCN1CCN(C(=O)Cc2cccnc2)C[C@H](Cc2ccc(-c3cccs3)cc2)C1=O. The number of nitrogens with zero attached hydrogens (tertiary/aromatic N) is 3. The predicted molar refractivity (Wildman–Crippen MR) is 128 cm³/mol. The Labute approximate surface area is 193 Å². The molecule has 32 heavy (non-hydrogen) atoms. The largest absolute Gasteiger partial charge is 0.341 e. The quantitative estimate of drug-likeness (QED) is 0.543. The van der Waals surface area contributed by atoms with Crippen LogP contribution in [0.2, 0.25) is 0 Å². The van der Waals surface area contributed by atoms with E-state index < -0.39 is 0 Å². The van der Waals surface area contributed by atoms with Gasteiger partial charge >= 0.3 is 0 Å². The van der Waals surface area contributed by atoms with Crippen LogP contribution < -0.4 is 0 Å². The second-order valence-electron chi connectivity index (χ2n) is 8.28. The summed E-state index contributed by atoms with van der Waals surface area (Å²) >= 11 is 1.72. The molecule has 1 aliphatic rings. The lowest BCUT2D eigenvalue weighted by atomic mass is 9.96. The van der Waals surface area contributed by atoms with Crippen LogP contribution in [0, 0.1) is 5.92 Å². The molecule has 166 valence electrons. The summed E-state index contributed by atoms with van der Waals surface area (Å²) in [5.74, 6) is -0.0115. The highest BCUT2D eigenvalue weighted by Gasteiger charge is 2.32. The van der Waals surface area contributed by atoms with Crippen LogP contribution in [0.15, 0.2) is 66.3 Å². The van der Waals surface area contributed by atoms with E-state index in [-0.39, 0.29) is 17.7 Å². The summed E-state index contributed by atoms with van der Waals surface area (Å²) in [5, 5.41) is 2.08. The van der Waals surface area contributed by atoms with E-state index in [1.54, 1.807) is 23.7 Å². The summed E-state index contributed by atoms with van der Waals surface area (Å²) in [6.45, 7) is 4.46. The number of aromatic nitrogens is 1. The molecule has 1 aromatic carbocycles. The third kappa shape index (κ3) is 5.43. The average molecular weight is 448 g/mol. The maximum absolute atomic E-state index is 13.3. The van der Waals surface area contributed by atoms with Crippen molar-refractivity contribution in [2.45, 2.75) is 26.2 Å². The fraction of sp³-hybridized carbons (Fsp3) is 0.346. The van der Waals surface area contributed by atoms with Gasteiger partial charge in [0.05, 0.1) is 12.3 Å². The molecule has 2 aromatic heterocycles. The molecule has 0 unspecified atom stereocenters. The van der Waals surface area contributed by atoms with Gasteiger partial charge < -0.3 is 9.80 Å². The van der Waals surface area contributed by atoms with Gasteiger partial charge in [-0.1, -0.05) is 43.3 Å². The molecule has 1 saturated heterocycles. The number of carbonyl (C=O) groups excluding carboxylic acids is 2. The lowest BCUT2D eigenvalue weighted by molar-refractivity contribution is -0.135. The Bertz CT molecular complexity index is 1020. The summed E-state index contributed by atoms with van der Waals surface area (Å²) in [6.07, 6.45) is 5.31. The van der Waals surface area contributed by atoms with E-state index in [1.807, 2.05) is 21.9 Å². The third-order valence-electron chi connectivity index (χ3n) is 5.91. The molecule has 1 atom stereocenters. The molecule has 4 rings (SSSR count). The zero-order chi connectivity index (χ0) is 22.3. The maximum atomic E-state index is 13.3. The molecule has 3 heterocycles. The number of benzene rings is 1. The number of carbonyl (C=O) groups is 2. The van der Waals surface area contributed by atoms with Crippen molar-refractivity contribution < 1.29 is 9.59 Å². The Hall–Kier alpha value is -2.99. The van der Waals surface area contributed by atoms with Crippen molar-refractivity contribution in [1.29, 1.82) is 0 Å². The molecule has 5 nitrogen and oxygen atoms in total. The molecule has 0 radical (unpaired) electrons. The highest BCUT2D eigenvalue weighted by atomic mass is 32.1. The molecular formula is C26H29N3O2S. The van der Waals surface area contributed by atoms with E-state index in [4.69, 9.17) is 0 Å². The summed E-state index contributed by atoms with van der Waals surface area (Å²) in [5.41, 5.74) is 3.22. The van der Waals surface area contributed by atoms with E-state index in [0.29, 0.717) is 32.5 Å². The lowest BCUT2D eigenvalue weighted by Crippen LogP contribution is -2.38. The molecule has 2 amide bonds. The first kappa shape index (κ1) is 22.2. The Kier molecular flexibility index (Phi) is 7.32. The minimum atomic E-state index is -0.227. The topological polar surface area (TPSA) is 53.5 Å². The van der Waals surface area contributed by atoms with E-state index in [0.717, 1.165) is 24.1 Å². The number of hydrogen-bond donors (Lipinski definition) is 0. The normalized spacial score (nSPS) is 16.8. The van der Waals surface area contributed by atoms with Gasteiger partial charge in [0.1, 0.15) is 0 Å². The minimum Gasteiger partial charge on any atom is -0.341 e. The standard InChI is InChI=1S/C26H29N3O2S/c1-2-12-28-13-14-29(25(30)17-21-5-3-11-27-18-21)19-23(26(28)31)16-20-7-9-22(10-8-20)24-6-4-15-32-24/h3-11,15,18,23H,2,12-14,16-17,19H2,1H3/t23-/m0/s1. The van der Waals surface area contributed by atoms with Gasteiger partial charge in [0.15, 0.2) is 0 Å². The first-order chi connectivity index (χ1) is 15.6. The van der Waals surface area contributed by atoms with Gasteiger partial charge in [-0.25, -0.2) is 0 Å². The molecule has 0 aliphatic carbocycles. The molecule has 1 aliphatic heterocycles. The molecule has 0 saturated carbocycles. The van der Waals surface area contributed by atoms with Crippen LogP contribution in [-0.4, -0.2) is 52.8 Å². The van der Waals surface area contributed by atoms with Crippen molar-refractivity contribution in [3.63, 3.8) is 0 Å². The second kappa shape index (κ2) is 10.6. The molecule has 3 aromatic rings. The molecule has 1 fully saturated rings. The fourth-order valence-corrected chi connectivity index (χ4v) is 4.97. The summed E-state index contributed by atoms with van der Waals surface area (Å²) in [7, 11) is 0. The fourth-order valence-electron chi connectivity index (χ4n) is 4.24. The van der Waals surface area contributed by atoms with Crippen molar-refractivity contribution in [1.82, 2.24) is 14.8 Å². The minimum absolute atomic E-state index is 0.0576. The van der Waals surface area contributed by atoms with Gasteiger partial charge in [-0.2, -0.15) is 0 Å². The molecule has 0 bridgehead atoms. The molecule has 0 N–H and O–H groups in total. The average Bonchev–Trinajstić information content (AvgIpc) is 3.31. The van der Waals surface area contributed by atoms with Crippen molar-refractivity contribution in [2.75, 3.05) is 26.2 Å². The zero-order valence-electron chi connectivity index (χ0n) is 18.4. The van der Waals surface area contributed by atoms with Crippen LogP contribution >= 0.6 is 11.3 Å². The van der Waals surface area contributed by atoms with E-state index in [1.165, 1.54) is 10.4 Å². The van der Waals surface area contributed by atoms with E-state index in [2.05, 4.69) is 53.7 Å². The van der Waals surface area contributed by atoms with Crippen LogP contribution in [-0.2, 0) is 22.4 Å². The van der Waals surface area contributed by atoms with Crippen LogP contribution in [0.25, 0.3) is 10.4 Å². The highest BCUT2D eigenvalue weighted by molar-refractivity contribution is 7.13. The van der Waals surface area contributed by atoms with Crippen molar-refractivity contribution in [2.24, 2.45) is 5.92 Å². The van der Waals surface area contributed by atoms with Crippen molar-refractivity contribution in [3.05, 3.63) is 77.4 Å². The number of hydrogen-bond acceptors (Lipinski definition) is 4. The number of pyridine rings is 1. The third-order valence-corrected chi connectivity index (χ3v) is 6.83. The van der Waals surface area contributed by atoms with Gasteiger partial charge in [-0.15, -0.1) is 11.3 Å². The Morgan fingerprint density at radius 2 is 1.94 bits per heavy atom. The van der Waals surface area contributed by atoms with Gasteiger partial charge in [-0.3, -0.25) is 14.6 Å². The molecule has 6 heteroatoms. The predicted octanol–water partition coefficient (Wildman–Crippen LogP) is 4.29. The van der Waals surface area contributed by atoms with E-state index in [9.17, 15) is 9.59 Å². The summed E-state index contributed by atoms with van der Waals surface area (Å²) in [6, 6.07) is 16.4. The Morgan fingerprint density at radius 1 is 1.09 bits per heavy atom. The van der Waals surface area contributed by atoms with Crippen LogP contribution in [0.3, 0.4) is 0 Å². The van der Waals surface area contributed by atoms with Crippen molar-refractivity contribution >= 4 is 23.2 Å². The van der Waals surface area contributed by atoms with Crippen LogP contribution in [0.4, 0.5) is 0 Å². The second-order valence-corrected chi connectivity index (χ2v) is 9.23. The maximum Gasteiger partial charge on any atom is 0.227 e. The molecule has 0 spiro atoms. The number of thiophene rings is 1. The Balaban J connectivity index is 1.49. The first-order valence-corrected chi connectivity index (χ1v) is 12.1. The Morgan fingerprint density at radius 3 is 2.62 bits per heavy atom. The lowest BCUT2D eigenvalue weighted by Gasteiger charge is -2.24. The van der Waals surface area contributed by atoms with E-state index >= 15 is 0 Å². The summed E-state index contributed by atoms with van der Waals surface area (Å²) in [4.78, 5) is 35.5. The highest BCUT2D eigenvalue weighted by Crippen LogP contribution is 2.26. The van der Waals surface area contributed by atoms with Gasteiger partial charge in [-0.05, 0) is 47.0 Å². The first-order valence-electron chi connectivity index (χ1n) is 11.2. The van der Waals surface area contributed by atoms with Gasteiger partial charge in [0, 0.05) is 43.4 Å². The smallest absolute Gasteiger partial charge is 0.227 e. The van der Waals surface area contributed by atoms with Crippen LogP contribution in [0.1, 0.15) is 24.5 Å². The van der Waals surface area contributed by atoms with Gasteiger partial charge in [0.2, 0.25) is 11.8 Å². The van der Waals surface area contributed by atoms with Crippen LogP contribution in [0.5, 0.6) is 0 Å². The van der Waals surface area contributed by atoms with Crippen molar-refractivity contribution in [3.8, 4) is 10.4 Å².